The zero-order valence-corrected chi connectivity index (χ0v) is 13.8. The monoisotopic (exact) mass is 337 g/mol. The van der Waals surface area contributed by atoms with Crippen LogP contribution in [0.5, 0.6) is 0 Å². The van der Waals surface area contributed by atoms with Gasteiger partial charge in [0.1, 0.15) is 0 Å². The highest BCUT2D eigenvalue weighted by molar-refractivity contribution is 9.10. The number of aromatic nitrogens is 3. The van der Waals surface area contributed by atoms with Gasteiger partial charge in [-0.15, -0.1) is 0 Å². The molecule has 2 rings (SSSR count). The van der Waals surface area contributed by atoms with E-state index in [1.807, 2.05) is 24.6 Å². The highest BCUT2D eigenvalue weighted by Gasteiger charge is 2.23. The minimum absolute atomic E-state index is 0.151. The zero-order valence-electron chi connectivity index (χ0n) is 12.2. The van der Waals surface area contributed by atoms with E-state index < -0.39 is 0 Å². The molecule has 0 aliphatic rings. The van der Waals surface area contributed by atoms with Gasteiger partial charge >= 0.3 is 0 Å². The van der Waals surface area contributed by atoms with Crippen molar-refractivity contribution in [1.82, 2.24) is 20.2 Å². The molecule has 5 nitrogen and oxygen atoms in total. The number of nitrogens with one attached hydrogen (secondary N) is 1. The molecule has 0 aromatic carbocycles. The van der Waals surface area contributed by atoms with Crippen LogP contribution in [-0.4, -0.2) is 14.8 Å². The number of hydrogen-bond donors (Lipinski definition) is 2. The molecule has 108 valence electrons. The van der Waals surface area contributed by atoms with E-state index in [0.717, 1.165) is 27.1 Å². The minimum Gasteiger partial charge on any atom is -0.271 e. The fourth-order valence-electron chi connectivity index (χ4n) is 2.35. The van der Waals surface area contributed by atoms with Gasteiger partial charge < -0.3 is 0 Å². The molecule has 0 saturated heterocycles. The summed E-state index contributed by atoms with van der Waals surface area (Å²) in [5, 5.41) is 4.41. The Hall–Kier alpha value is -1.24. The Kier molecular flexibility index (Phi) is 4.57. The lowest BCUT2D eigenvalue weighted by atomic mass is 10.0. The standard InChI is InChI=1S/C14H20BrN5/c1-8(2)20-14(12(15)7-17-20)13(19-16)11-6-5-9(3)18-10(11)4/h5-8,13,19H,16H2,1-4H3. The van der Waals surface area contributed by atoms with Crippen LogP contribution in [0.4, 0.5) is 0 Å². The lowest BCUT2D eigenvalue weighted by molar-refractivity contribution is 0.474. The number of nitrogens with zero attached hydrogens (tertiary/aromatic N) is 3. The SMILES string of the molecule is Cc1ccc(C(NN)c2c(Br)cnn2C(C)C)c(C)n1. The van der Waals surface area contributed by atoms with Crippen LogP contribution in [-0.2, 0) is 0 Å². The first-order chi connectivity index (χ1) is 9.45. The van der Waals surface area contributed by atoms with Crippen LogP contribution in [0.1, 0.15) is 48.6 Å². The molecule has 0 saturated carbocycles. The van der Waals surface area contributed by atoms with Crippen molar-refractivity contribution in [3.05, 3.63) is 45.4 Å². The van der Waals surface area contributed by atoms with E-state index in [1.54, 1.807) is 6.20 Å². The lowest BCUT2D eigenvalue weighted by Crippen LogP contribution is -2.32. The molecule has 2 heterocycles. The molecule has 0 fully saturated rings. The van der Waals surface area contributed by atoms with Crippen molar-refractivity contribution in [2.75, 3.05) is 0 Å². The van der Waals surface area contributed by atoms with Gasteiger partial charge in [-0.25, -0.2) is 5.43 Å². The average molecular weight is 338 g/mol. The Balaban J connectivity index is 2.55. The number of pyridine rings is 1. The van der Waals surface area contributed by atoms with Crippen molar-refractivity contribution >= 4 is 15.9 Å². The average Bonchev–Trinajstić information content (AvgIpc) is 2.75. The molecule has 2 aromatic rings. The smallest absolute Gasteiger partial charge is 0.0907 e. The third-order valence-corrected chi connectivity index (χ3v) is 3.90. The summed E-state index contributed by atoms with van der Waals surface area (Å²) < 4.78 is 2.91. The maximum Gasteiger partial charge on any atom is 0.0907 e. The van der Waals surface area contributed by atoms with Crippen LogP contribution in [0.3, 0.4) is 0 Å². The van der Waals surface area contributed by atoms with Crippen LogP contribution < -0.4 is 11.3 Å². The lowest BCUT2D eigenvalue weighted by Gasteiger charge is -2.22. The Morgan fingerprint density at radius 3 is 2.55 bits per heavy atom. The van der Waals surface area contributed by atoms with Crippen LogP contribution in [0.15, 0.2) is 22.8 Å². The van der Waals surface area contributed by atoms with Crippen molar-refractivity contribution in [2.24, 2.45) is 5.84 Å². The third-order valence-electron chi connectivity index (χ3n) is 3.29. The molecule has 0 spiro atoms. The maximum absolute atomic E-state index is 5.80. The first-order valence-electron chi connectivity index (χ1n) is 6.58. The minimum atomic E-state index is -0.151. The second kappa shape index (κ2) is 6.03. The highest BCUT2D eigenvalue weighted by atomic mass is 79.9. The van der Waals surface area contributed by atoms with Gasteiger partial charge in [-0.05, 0) is 55.3 Å². The van der Waals surface area contributed by atoms with Crippen molar-refractivity contribution in [2.45, 2.75) is 39.8 Å². The summed E-state index contributed by atoms with van der Waals surface area (Å²) in [6, 6.07) is 4.16. The normalized spacial score (nSPS) is 12.9. The summed E-state index contributed by atoms with van der Waals surface area (Å²) >= 11 is 3.56. The van der Waals surface area contributed by atoms with Gasteiger partial charge in [0.2, 0.25) is 0 Å². The summed E-state index contributed by atoms with van der Waals surface area (Å²) in [4.78, 5) is 4.52. The van der Waals surface area contributed by atoms with Crippen molar-refractivity contribution in [3.8, 4) is 0 Å². The summed E-state index contributed by atoms with van der Waals surface area (Å²) in [6.07, 6.45) is 1.80. The van der Waals surface area contributed by atoms with Gasteiger partial charge in [-0.1, -0.05) is 6.07 Å². The van der Waals surface area contributed by atoms with E-state index in [0.29, 0.717) is 0 Å². The number of aryl methyl sites for hydroxylation is 2. The first kappa shape index (κ1) is 15.2. The largest absolute Gasteiger partial charge is 0.271 e. The van der Waals surface area contributed by atoms with Crippen molar-refractivity contribution < 1.29 is 0 Å². The van der Waals surface area contributed by atoms with E-state index in [1.165, 1.54) is 0 Å². The predicted molar refractivity (Wildman–Crippen MR) is 83.2 cm³/mol. The maximum atomic E-state index is 5.80. The fourth-order valence-corrected chi connectivity index (χ4v) is 2.85. The molecule has 0 aliphatic heterocycles. The second-order valence-electron chi connectivity index (χ2n) is 5.14. The third kappa shape index (κ3) is 2.77. The van der Waals surface area contributed by atoms with Gasteiger partial charge in [0.25, 0.3) is 0 Å². The Bertz CT molecular complexity index is 606. The molecule has 0 radical (unpaired) electrons. The Morgan fingerprint density at radius 2 is 2.00 bits per heavy atom. The predicted octanol–water partition coefficient (Wildman–Crippen LogP) is 2.79. The molecule has 0 aliphatic carbocycles. The van der Waals surface area contributed by atoms with Gasteiger partial charge in [0, 0.05) is 17.4 Å². The molecule has 1 unspecified atom stereocenters. The van der Waals surface area contributed by atoms with Crippen LogP contribution >= 0.6 is 15.9 Å². The Labute approximate surface area is 127 Å². The molecular weight excluding hydrogens is 318 g/mol. The summed E-state index contributed by atoms with van der Waals surface area (Å²) in [7, 11) is 0. The summed E-state index contributed by atoms with van der Waals surface area (Å²) in [5.74, 6) is 5.80. The number of halogens is 1. The molecule has 3 N–H and O–H groups in total. The molecule has 0 bridgehead atoms. The number of nitrogens with two attached hydrogens (primary N) is 1. The molecule has 6 heteroatoms. The van der Waals surface area contributed by atoms with Gasteiger partial charge in [0.05, 0.1) is 22.4 Å². The van der Waals surface area contributed by atoms with Crippen LogP contribution in [0, 0.1) is 13.8 Å². The van der Waals surface area contributed by atoms with E-state index in [-0.39, 0.29) is 12.1 Å². The number of rotatable bonds is 4. The second-order valence-corrected chi connectivity index (χ2v) is 6.00. The molecule has 0 amide bonds. The highest BCUT2D eigenvalue weighted by Crippen LogP contribution is 2.31. The fraction of sp³-hybridized carbons (Fsp3) is 0.429. The molecule has 1 atom stereocenters. The molecule has 2 aromatic heterocycles. The van der Waals surface area contributed by atoms with E-state index >= 15 is 0 Å². The summed E-state index contributed by atoms with van der Waals surface area (Å²) in [6.45, 7) is 8.17. The van der Waals surface area contributed by atoms with E-state index in [4.69, 9.17) is 5.84 Å². The zero-order chi connectivity index (χ0) is 14.9. The van der Waals surface area contributed by atoms with Gasteiger partial charge in [-0.3, -0.25) is 15.5 Å². The van der Waals surface area contributed by atoms with Crippen LogP contribution in [0.2, 0.25) is 0 Å². The topological polar surface area (TPSA) is 68.8 Å². The summed E-state index contributed by atoms with van der Waals surface area (Å²) in [5.41, 5.74) is 6.92. The Morgan fingerprint density at radius 1 is 1.30 bits per heavy atom. The molecular formula is C14H20BrN5. The van der Waals surface area contributed by atoms with Crippen molar-refractivity contribution in [1.29, 1.82) is 0 Å². The van der Waals surface area contributed by atoms with E-state index in [2.05, 4.69) is 51.4 Å². The van der Waals surface area contributed by atoms with Gasteiger partial charge in [-0.2, -0.15) is 5.10 Å². The van der Waals surface area contributed by atoms with Gasteiger partial charge in [0.15, 0.2) is 0 Å². The quantitative estimate of drug-likeness (QED) is 0.664. The van der Waals surface area contributed by atoms with Crippen molar-refractivity contribution in [3.63, 3.8) is 0 Å². The number of hydrazine groups is 1. The number of hydrogen-bond acceptors (Lipinski definition) is 4. The molecule has 20 heavy (non-hydrogen) atoms. The van der Waals surface area contributed by atoms with E-state index in [9.17, 15) is 0 Å². The van der Waals surface area contributed by atoms with Crippen LogP contribution in [0.25, 0.3) is 0 Å². The first-order valence-corrected chi connectivity index (χ1v) is 7.38.